The Kier molecular flexibility index (Phi) is 1.30. The molecule has 1 rings (SSSR count). The zero-order valence-electron chi connectivity index (χ0n) is 4.29. The number of hydrogen-bond acceptors (Lipinski definition) is 3. The molecular weight excluding hydrogens is 108 g/mol. The van der Waals surface area contributed by atoms with E-state index in [1.807, 2.05) is 0 Å². The van der Waals surface area contributed by atoms with Crippen LogP contribution in [0.2, 0.25) is 0 Å². The molecule has 1 aliphatic heterocycles. The summed E-state index contributed by atoms with van der Waals surface area (Å²) in [6.45, 7) is 3.74. The Hall–Kier alpha value is -0.830. The number of hydrogen-bond donors (Lipinski definition) is 0. The lowest BCUT2D eigenvalue weighted by atomic mass is 10.6. The molecule has 0 amide bonds. The van der Waals surface area contributed by atoms with E-state index in [1.165, 1.54) is 0 Å². The van der Waals surface area contributed by atoms with Crippen LogP contribution < -0.4 is 0 Å². The fourth-order valence-corrected chi connectivity index (χ4v) is 0.285. The summed E-state index contributed by atoms with van der Waals surface area (Å²) >= 11 is 0. The van der Waals surface area contributed by atoms with Crippen molar-refractivity contribution >= 4 is 5.97 Å². The second-order valence-corrected chi connectivity index (χ2v) is 1.40. The topological polar surface area (TPSA) is 38.8 Å². The molecular formula is C5H6O3. The predicted octanol–water partition coefficient (Wildman–Crippen LogP) is 0.0719. The lowest BCUT2D eigenvalue weighted by Gasteiger charge is -1.90. The van der Waals surface area contributed by atoms with Crippen molar-refractivity contribution in [1.29, 1.82) is 0 Å². The van der Waals surface area contributed by atoms with Crippen LogP contribution in [0.15, 0.2) is 12.7 Å². The van der Waals surface area contributed by atoms with Crippen molar-refractivity contribution in [2.75, 3.05) is 6.61 Å². The summed E-state index contributed by atoms with van der Waals surface area (Å²) in [6.07, 6.45) is 0.822. The standard InChI is InChI=1S/C5H6O3/c1-2-4(6)8-5-3-7-5/h2,5H,1,3H2. The summed E-state index contributed by atoms with van der Waals surface area (Å²) in [5, 5.41) is 0. The Morgan fingerprint density at radius 1 is 2.00 bits per heavy atom. The smallest absolute Gasteiger partial charge is 0.332 e. The fraction of sp³-hybridized carbons (Fsp3) is 0.400. The first-order chi connectivity index (χ1) is 3.83. The molecule has 0 spiro atoms. The van der Waals surface area contributed by atoms with Gasteiger partial charge in [0.25, 0.3) is 0 Å². The SMILES string of the molecule is C=CC(=O)OC1CO1. The first-order valence-electron chi connectivity index (χ1n) is 2.27. The van der Waals surface area contributed by atoms with E-state index < -0.39 is 5.97 Å². The van der Waals surface area contributed by atoms with Crippen LogP contribution in [0.25, 0.3) is 0 Å². The monoisotopic (exact) mass is 114 g/mol. The summed E-state index contributed by atoms with van der Waals surface area (Å²) in [4.78, 5) is 10.2. The normalized spacial score (nSPS) is 24.2. The van der Waals surface area contributed by atoms with Gasteiger partial charge in [0.2, 0.25) is 6.29 Å². The van der Waals surface area contributed by atoms with Crippen molar-refractivity contribution in [2.24, 2.45) is 0 Å². The van der Waals surface area contributed by atoms with Gasteiger partial charge in [0.15, 0.2) is 0 Å². The predicted molar refractivity (Wildman–Crippen MR) is 26.0 cm³/mol. The van der Waals surface area contributed by atoms with Crippen molar-refractivity contribution in [2.45, 2.75) is 6.29 Å². The van der Waals surface area contributed by atoms with Crippen LogP contribution in [0.3, 0.4) is 0 Å². The molecule has 0 aromatic rings. The van der Waals surface area contributed by atoms with Gasteiger partial charge >= 0.3 is 5.97 Å². The molecule has 1 unspecified atom stereocenters. The third-order valence-electron chi connectivity index (χ3n) is 0.717. The van der Waals surface area contributed by atoms with Crippen LogP contribution in [0.4, 0.5) is 0 Å². The van der Waals surface area contributed by atoms with Crippen LogP contribution >= 0.6 is 0 Å². The van der Waals surface area contributed by atoms with E-state index in [0.717, 1.165) is 6.08 Å². The molecule has 0 radical (unpaired) electrons. The largest absolute Gasteiger partial charge is 0.430 e. The first kappa shape index (κ1) is 5.31. The quantitative estimate of drug-likeness (QED) is 0.290. The molecule has 1 fully saturated rings. The number of ether oxygens (including phenoxy) is 2. The van der Waals surface area contributed by atoms with Gasteiger partial charge in [0.1, 0.15) is 6.61 Å². The van der Waals surface area contributed by atoms with E-state index in [-0.39, 0.29) is 6.29 Å². The van der Waals surface area contributed by atoms with E-state index >= 15 is 0 Å². The van der Waals surface area contributed by atoms with Gasteiger partial charge in [-0.15, -0.1) is 0 Å². The maximum absolute atomic E-state index is 10.2. The van der Waals surface area contributed by atoms with Crippen molar-refractivity contribution in [1.82, 2.24) is 0 Å². The first-order valence-corrected chi connectivity index (χ1v) is 2.27. The molecule has 0 bridgehead atoms. The number of esters is 1. The van der Waals surface area contributed by atoms with E-state index in [1.54, 1.807) is 0 Å². The molecule has 0 aromatic heterocycles. The van der Waals surface area contributed by atoms with Gasteiger partial charge < -0.3 is 9.47 Å². The van der Waals surface area contributed by atoms with Crippen molar-refractivity contribution in [3.63, 3.8) is 0 Å². The zero-order chi connectivity index (χ0) is 5.98. The number of epoxide rings is 1. The van der Waals surface area contributed by atoms with Gasteiger partial charge in [-0.05, 0) is 0 Å². The van der Waals surface area contributed by atoms with Crippen molar-refractivity contribution in [3.05, 3.63) is 12.7 Å². The second kappa shape index (κ2) is 1.96. The van der Waals surface area contributed by atoms with Crippen LogP contribution in [0.1, 0.15) is 0 Å². The molecule has 0 N–H and O–H groups in total. The fourth-order valence-electron chi connectivity index (χ4n) is 0.285. The van der Waals surface area contributed by atoms with E-state index in [4.69, 9.17) is 0 Å². The Balaban J connectivity index is 2.16. The lowest BCUT2D eigenvalue weighted by molar-refractivity contribution is -0.142. The third kappa shape index (κ3) is 1.35. The minimum absolute atomic E-state index is 0.291. The molecule has 1 atom stereocenters. The Bertz CT molecular complexity index is 115. The molecule has 0 aliphatic carbocycles. The Morgan fingerprint density at radius 2 is 2.62 bits per heavy atom. The maximum atomic E-state index is 10.2. The van der Waals surface area contributed by atoms with Crippen LogP contribution in [0.5, 0.6) is 0 Å². The highest BCUT2D eigenvalue weighted by molar-refractivity contribution is 5.81. The Morgan fingerprint density at radius 3 is 3.00 bits per heavy atom. The summed E-state index contributed by atoms with van der Waals surface area (Å²) in [5.74, 6) is -0.424. The molecule has 0 aromatic carbocycles. The minimum Gasteiger partial charge on any atom is -0.430 e. The van der Waals surface area contributed by atoms with Crippen molar-refractivity contribution in [3.8, 4) is 0 Å². The molecule has 1 saturated heterocycles. The van der Waals surface area contributed by atoms with Crippen LogP contribution in [0, 0.1) is 0 Å². The van der Waals surface area contributed by atoms with Gasteiger partial charge in [-0.25, -0.2) is 4.79 Å². The number of carbonyl (C=O) groups excluding carboxylic acids is 1. The highest BCUT2D eigenvalue weighted by Crippen LogP contribution is 2.09. The van der Waals surface area contributed by atoms with Gasteiger partial charge in [0, 0.05) is 6.08 Å². The average Bonchev–Trinajstić information content (AvgIpc) is 2.50. The molecule has 3 nitrogen and oxygen atoms in total. The molecule has 1 heterocycles. The highest BCUT2D eigenvalue weighted by atomic mass is 16.8. The summed E-state index contributed by atoms with van der Waals surface area (Å²) < 4.78 is 9.12. The van der Waals surface area contributed by atoms with Crippen LogP contribution in [-0.2, 0) is 14.3 Å². The van der Waals surface area contributed by atoms with Crippen LogP contribution in [-0.4, -0.2) is 18.9 Å². The Labute approximate surface area is 46.9 Å². The molecule has 44 valence electrons. The van der Waals surface area contributed by atoms with Gasteiger partial charge in [0.05, 0.1) is 0 Å². The van der Waals surface area contributed by atoms with E-state index in [0.29, 0.717) is 6.61 Å². The van der Waals surface area contributed by atoms with E-state index in [9.17, 15) is 4.79 Å². The third-order valence-corrected chi connectivity index (χ3v) is 0.717. The summed E-state index contributed by atoms with van der Waals surface area (Å²) in [6, 6.07) is 0. The lowest BCUT2D eigenvalue weighted by Crippen LogP contribution is -2.01. The molecule has 0 saturated carbocycles. The minimum atomic E-state index is -0.424. The highest BCUT2D eigenvalue weighted by Gasteiger charge is 2.25. The average molecular weight is 114 g/mol. The molecule has 8 heavy (non-hydrogen) atoms. The zero-order valence-corrected chi connectivity index (χ0v) is 4.29. The summed E-state index contributed by atoms with van der Waals surface area (Å²) in [5.41, 5.74) is 0. The van der Waals surface area contributed by atoms with Gasteiger partial charge in [-0.3, -0.25) is 0 Å². The number of carbonyl (C=O) groups is 1. The molecule has 1 aliphatic rings. The van der Waals surface area contributed by atoms with E-state index in [2.05, 4.69) is 16.1 Å². The molecule has 3 heteroatoms. The maximum Gasteiger partial charge on any atom is 0.332 e. The van der Waals surface area contributed by atoms with Gasteiger partial charge in [-0.1, -0.05) is 6.58 Å². The van der Waals surface area contributed by atoms with Gasteiger partial charge in [-0.2, -0.15) is 0 Å². The number of rotatable bonds is 2. The second-order valence-electron chi connectivity index (χ2n) is 1.40. The van der Waals surface area contributed by atoms with Crippen molar-refractivity contribution < 1.29 is 14.3 Å². The summed E-state index contributed by atoms with van der Waals surface area (Å²) in [7, 11) is 0.